The zero-order valence-corrected chi connectivity index (χ0v) is 8.13. The fourth-order valence-electron chi connectivity index (χ4n) is 1.88. The summed E-state index contributed by atoms with van der Waals surface area (Å²) in [6.07, 6.45) is 7.41. The number of hydrogen-bond acceptors (Lipinski definition) is 4. The molecule has 4 heteroatoms. The second kappa shape index (κ2) is 4.37. The summed E-state index contributed by atoms with van der Waals surface area (Å²) in [6.45, 7) is 2.20. The van der Waals surface area contributed by atoms with Crippen molar-refractivity contribution in [1.29, 1.82) is 0 Å². The third-order valence-corrected chi connectivity index (χ3v) is 2.65. The molecule has 14 heavy (non-hydrogen) atoms. The molecule has 0 saturated carbocycles. The summed E-state index contributed by atoms with van der Waals surface area (Å²) in [5.41, 5.74) is 0. The van der Waals surface area contributed by atoms with Crippen LogP contribution in [0.4, 0.5) is 5.82 Å². The molecule has 2 heterocycles. The van der Waals surface area contributed by atoms with Gasteiger partial charge in [0.05, 0.1) is 6.20 Å². The average molecular weight is 193 g/mol. The Morgan fingerprint density at radius 1 is 1.50 bits per heavy atom. The molecular formula is C10H15N3O. The third kappa shape index (κ3) is 2.01. The molecule has 1 aromatic rings. The summed E-state index contributed by atoms with van der Waals surface area (Å²) >= 11 is 0. The average Bonchev–Trinajstić information content (AvgIpc) is 2.30. The first-order valence-electron chi connectivity index (χ1n) is 5.02. The van der Waals surface area contributed by atoms with Gasteiger partial charge in [-0.3, -0.25) is 4.98 Å². The number of aliphatic hydroxyl groups is 1. The van der Waals surface area contributed by atoms with Gasteiger partial charge < -0.3 is 10.0 Å². The molecule has 0 spiro atoms. The van der Waals surface area contributed by atoms with Gasteiger partial charge in [-0.15, -0.1) is 0 Å². The minimum Gasteiger partial charge on any atom is -0.396 e. The third-order valence-electron chi connectivity index (χ3n) is 2.65. The van der Waals surface area contributed by atoms with E-state index in [1.807, 2.05) is 0 Å². The van der Waals surface area contributed by atoms with E-state index in [-0.39, 0.29) is 6.61 Å². The smallest absolute Gasteiger partial charge is 0.147 e. The maximum absolute atomic E-state index is 9.09. The van der Waals surface area contributed by atoms with E-state index in [4.69, 9.17) is 5.11 Å². The SMILES string of the molecule is OC[C@@H]1CCCN(c2cnccn2)C1. The second-order valence-corrected chi connectivity index (χ2v) is 3.70. The molecule has 0 radical (unpaired) electrons. The van der Waals surface area contributed by atoms with Crippen LogP contribution < -0.4 is 4.90 Å². The lowest BCUT2D eigenvalue weighted by atomic mass is 9.99. The summed E-state index contributed by atoms with van der Waals surface area (Å²) in [7, 11) is 0. The molecule has 1 aliphatic rings. The minimum absolute atomic E-state index is 0.275. The Morgan fingerprint density at radius 2 is 2.43 bits per heavy atom. The predicted octanol–water partition coefficient (Wildman–Crippen LogP) is 0.685. The van der Waals surface area contributed by atoms with Crippen LogP contribution in [-0.4, -0.2) is 34.8 Å². The number of rotatable bonds is 2. The highest BCUT2D eigenvalue weighted by atomic mass is 16.3. The lowest BCUT2D eigenvalue weighted by Gasteiger charge is -2.32. The van der Waals surface area contributed by atoms with Gasteiger partial charge in [0, 0.05) is 32.1 Å². The van der Waals surface area contributed by atoms with Crippen LogP contribution in [0, 0.1) is 5.92 Å². The summed E-state index contributed by atoms with van der Waals surface area (Å²) in [5, 5.41) is 9.09. The molecule has 0 unspecified atom stereocenters. The Labute approximate surface area is 83.6 Å². The van der Waals surface area contributed by atoms with Crippen molar-refractivity contribution < 1.29 is 5.11 Å². The van der Waals surface area contributed by atoms with Crippen molar-refractivity contribution in [3.8, 4) is 0 Å². The van der Waals surface area contributed by atoms with Crippen LogP contribution >= 0.6 is 0 Å². The lowest BCUT2D eigenvalue weighted by molar-refractivity contribution is 0.208. The van der Waals surface area contributed by atoms with Crippen LogP contribution in [-0.2, 0) is 0 Å². The zero-order valence-electron chi connectivity index (χ0n) is 8.13. The molecule has 0 aliphatic carbocycles. The highest BCUT2D eigenvalue weighted by Gasteiger charge is 2.19. The normalized spacial score (nSPS) is 22.4. The van der Waals surface area contributed by atoms with Gasteiger partial charge in [-0.05, 0) is 18.8 Å². The van der Waals surface area contributed by atoms with E-state index in [2.05, 4.69) is 14.9 Å². The van der Waals surface area contributed by atoms with E-state index < -0.39 is 0 Å². The van der Waals surface area contributed by atoms with Gasteiger partial charge in [0.25, 0.3) is 0 Å². The fraction of sp³-hybridized carbons (Fsp3) is 0.600. The lowest BCUT2D eigenvalue weighted by Crippen LogP contribution is -2.37. The summed E-state index contributed by atoms with van der Waals surface area (Å²) in [5.74, 6) is 1.32. The van der Waals surface area contributed by atoms with Gasteiger partial charge in [-0.2, -0.15) is 0 Å². The van der Waals surface area contributed by atoms with Crippen LogP contribution in [0.15, 0.2) is 18.6 Å². The first kappa shape index (κ1) is 9.40. The number of anilines is 1. The number of aliphatic hydroxyl groups excluding tert-OH is 1. The molecule has 1 N–H and O–H groups in total. The zero-order chi connectivity index (χ0) is 9.80. The summed E-state index contributed by atoms with van der Waals surface area (Å²) in [4.78, 5) is 10.5. The maximum atomic E-state index is 9.09. The minimum atomic E-state index is 0.275. The van der Waals surface area contributed by atoms with Gasteiger partial charge in [0.2, 0.25) is 0 Å². The Morgan fingerprint density at radius 3 is 3.14 bits per heavy atom. The standard InChI is InChI=1S/C10H15N3O/c14-8-9-2-1-5-13(7-9)10-6-11-3-4-12-10/h3-4,6,9,14H,1-2,5,7-8H2/t9-/m1/s1. The van der Waals surface area contributed by atoms with Crippen LogP contribution in [0.5, 0.6) is 0 Å². The number of hydrogen-bond donors (Lipinski definition) is 1. The summed E-state index contributed by atoms with van der Waals surface area (Å²) < 4.78 is 0. The maximum Gasteiger partial charge on any atom is 0.147 e. The molecule has 0 aromatic carbocycles. The summed E-state index contributed by atoms with van der Waals surface area (Å²) in [6, 6.07) is 0. The highest BCUT2D eigenvalue weighted by molar-refractivity contribution is 5.35. The largest absolute Gasteiger partial charge is 0.396 e. The number of nitrogens with zero attached hydrogens (tertiary/aromatic N) is 3. The molecule has 76 valence electrons. The van der Waals surface area contributed by atoms with E-state index in [9.17, 15) is 0 Å². The van der Waals surface area contributed by atoms with Crippen molar-refractivity contribution >= 4 is 5.82 Å². The van der Waals surface area contributed by atoms with E-state index in [0.29, 0.717) is 5.92 Å². The van der Waals surface area contributed by atoms with Gasteiger partial charge in [0.15, 0.2) is 0 Å². The molecule has 2 rings (SSSR count). The molecule has 1 fully saturated rings. The van der Waals surface area contributed by atoms with Crippen molar-refractivity contribution in [3.63, 3.8) is 0 Å². The van der Waals surface area contributed by atoms with Gasteiger partial charge >= 0.3 is 0 Å². The molecule has 0 amide bonds. The van der Waals surface area contributed by atoms with Crippen LogP contribution in [0.25, 0.3) is 0 Å². The highest BCUT2D eigenvalue weighted by Crippen LogP contribution is 2.19. The monoisotopic (exact) mass is 193 g/mol. The van der Waals surface area contributed by atoms with Crippen molar-refractivity contribution in [1.82, 2.24) is 9.97 Å². The fourth-order valence-corrected chi connectivity index (χ4v) is 1.88. The molecule has 1 atom stereocenters. The quantitative estimate of drug-likeness (QED) is 0.750. The molecule has 1 aromatic heterocycles. The van der Waals surface area contributed by atoms with Crippen molar-refractivity contribution in [2.45, 2.75) is 12.8 Å². The Balaban J connectivity index is 2.04. The number of aromatic nitrogens is 2. The molecule has 1 aliphatic heterocycles. The van der Waals surface area contributed by atoms with E-state index in [0.717, 1.165) is 31.7 Å². The van der Waals surface area contributed by atoms with Gasteiger partial charge in [0.1, 0.15) is 5.82 Å². The Kier molecular flexibility index (Phi) is 2.93. The Hall–Kier alpha value is -1.16. The van der Waals surface area contributed by atoms with Crippen molar-refractivity contribution in [2.75, 3.05) is 24.6 Å². The van der Waals surface area contributed by atoms with Crippen molar-refractivity contribution in [2.24, 2.45) is 5.92 Å². The molecular weight excluding hydrogens is 178 g/mol. The number of piperidine rings is 1. The first-order chi connectivity index (χ1) is 6.90. The predicted molar refractivity (Wildman–Crippen MR) is 54.1 cm³/mol. The molecule has 0 bridgehead atoms. The topological polar surface area (TPSA) is 49.2 Å². The van der Waals surface area contributed by atoms with Crippen LogP contribution in [0.3, 0.4) is 0 Å². The van der Waals surface area contributed by atoms with Crippen molar-refractivity contribution in [3.05, 3.63) is 18.6 Å². The molecule has 1 saturated heterocycles. The van der Waals surface area contributed by atoms with E-state index in [1.165, 1.54) is 0 Å². The van der Waals surface area contributed by atoms with Gasteiger partial charge in [-0.25, -0.2) is 4.98 Å². The molecule has 4 nitrogen and oxygen atoms in total. The second-order valence-electron chi connectivity index (χ2n) is 3.70. The van der Waals surface area contributed by atoms with Gasteiger partial charge in [-0.1, -0.05) is 0 Å². The first-order valence-corrected chi connectivity index (χ1v) is 5.02. The van der Waals surface area contributed by atoms with E-state index >= 15 is 0 Å². The van der Waals surface area contributed by atoms with Crippen LogP contribution in [0.2, 0.25) is 0 Å². The Bertz CT molecular complexity index is 278. The van der Waals surface area contributed by atoms with Crippen LogP contribution in [0.1, 0.15) is 12.8 Å². The van der Waals surface area contributed by atoms with E-state index in [1.54, 1.807) is 18.6 Å².